The lowest BCUT2D eigenvalue weighted by Gasteiger charge is -2.12. The maximum Gasteiger partial charge on any atom is 0.217 e. The fraction of sp³-hybridized carbons (Fsp3) is 0.412. The van der Waals surface area contributed by atoms with E-state index in [2.05, 4.69) is 24.0 Å². The van der Waals surface area contributed by atoms with Gasteiger partial charge >= 0.3 is 0 Å². The Labute approximate surface area is 150 Å². The number of hydrogen-bond donors (Lipinski definition) is 1. The summed E-state index contributed by atoms with van der Waals surface area (Å²) < 4.78 is 15.1. The number of thioether (sulfide) groups is 1. The van der Waals surface area contributed by atoms with Crippen LogP contribution in [0.25, 0.3) is 0 Å². The van der Waals surface area contributed by atoms with E-state index < -0.39 is 11.7 Å². The van der Waals surface area contributed by atoms with Crippen LogP contribution < -0.4 is 5.73 Å². The van der Waals surface area contributed by atoms with Gasteiger partial charge < -0.3 is 10.3 Å². The van der Waals surface area contributed by atoms with Gasteiger partial charge in [-0.05, 0) is 18.1 Å². The van der Waals surface area contributed by atoms with Crippen molar-refractivity contribution in [3.8, 4) is 0 Å². The summed E-state index contributed by atoms with van der Waals surface area (Å²) in [6.07, 6.45) is 0.608. The third-order valence-corrected chi connectivity index (χ3v) is 4.38. The largest absolute Gasteiger partial charge is 0.370 e. The maximum atomic E-state index is 13.2. The van der Waals surface area contributed by atoms with Crippen LogP contribution in [0.1, 0.15) is 36.5 Å². The monoisotopic (exact) mass is 364 g/mol. The predicted molar refractivity (Wildman–Crippen MR) is 93.8 cm³/mol. The average Bonchev–Trinajstić information content (AvgIpc) is 2.92. The first-order valence-corrected chi connectivity index (χ1v) is 8.97. The summed E-state index contributed by atoms with van der Waals surface area (Å²) in [5.74, 6) is 0.148. The summed E-state index contributed by atoms with van der Waals surface area (Å²) in [6, 6.07) is 5.62. The lowest BCUT2D eigenvalue weighted by molar-refractivity contribution is -0.118. The molecule has 1 amide bonds. The molecule has 134 valence electrons. The molecule has 2 aromatic rings. The average molecular weight is 364 g/mol. The van der Waals surface area contributed by atoms with Crippen LogP contribution in [0.4, 0.5) is 4.39 Å². The zero-order chi connectivity index (χ0) is 18.4. The fourth-order valence-corrected chi connectivity index (χ4v) is 3.13. The molecule has 0 aliphatic heterocycles. The molecule has 0 radical (unpaired) electrons. The highest BCUT2D eigenvalue weighted by Crippen LogP contribution is 2.21. The van der Waals surface area contributed by atoms with Crippen molar-refractivity contribution in [3.05, 3.63) is 41.5 Å². The molecule has 0 unspecified atom stereocenters. The molecule has 1 heterocycles. The molecule has 25 heavy (non-hydrogen) atoms. The second-order valence-electron chi connectivity index (χ2n) is 6.09. The van der Waals surface area contributed by atoms with Gasteiger partial charge in [0.25, 0.3) is 0 Å². The van der Waals surface area contributed by atoms with Crippen molar-refractivity contribution in [1.29, 1.82) is 0 Å². The molecule has 6 nitrogen and oxygen atoms in total. The normalized spacial score (nSPS) is 11.0. The number of benzene rings is 1. The summed E-state index contributed by atoms with van der Waals surface area (Å²) in [4.78, 5) is 23.2. The molecular formula is C17H21FN4O2S. The Kier molecular flexibility index (Phi) is 6.69. The molecule has 8 heteroatoms. The number of halogens is 1. The Bertz CT molecular complexity index is 761. The minimum atomic E-state index is -0.437. The summed E-state index contributed by atoms with van der Waals surface area (Å²) in [6.45, 7) is 4.80. The van der Waals surface area contributed by atoms with E-state index in [4.69, 9.17) is 5.73 Å². The first-order valence-electron chi connectivity index (χ1n) is 7.98. The van der Waals surface area contributed by atoms with E-state index in [1.54, 1.807) is 6.07 Å². The van der Waals surface area contributed by atoms with E-state index in [9.17, 15) is 14.0 Å². The summed E-state index contributed by atoms with van der Waals surface area (Å²) in [5, 5.41) is 8.86. The molecular weight excluding hydrogens is 343 g/mol. The van der Waals surface area contributed by atoms with Crippen molar-refractivity contribution in [2.75, 3.05) is 5.75 Å². The standard InChI is InChI=1S/C17H21FN4O2S/c1-11(2)9-22-16(7-6-15(19)24)20-21-17(22)25-10-14(23)12-4-3-5-13(18)8-12/h3-5,8,11H,6-7,9-10H2,1-2H3,(H2,19,24). The zero-order valence-electron chi connectivity index (χ0n) is 14.2. The predicted octanol–water partition coefficient (Wildman–Crippen LogP) is 2.47. The van der Waals surface area contributed by atoms with E-state index >= 15 is 0 Å². The van der Waals surface area contributed by atoms with Crippen LogP contribution in [0.5, 0.6) is 0 Å². The van der Waals surface area contributed by atoms with Gasteiger partial charge in [0.15, 0.2) is 10.9 Å². The molecule has 1 aromatic carbocycles. The number of hydrogen-bond acceptors (Lipinski definition) is 5. The van der Waals surface area contributed by atoms with Crippen LogP contribution >= 0.6 is 11.8 Å². The van der Waals surface area contributed by atoms with Gasteiger partial charge in [0, 0.05) is 24.9 Å². The molecule has 0 aliphatic carbocycles. The van der Waals surface area contributed by atoms with Crippen LogP contribution in [0, 0.1) is 11.7 Å². The van der Waals surface area contributed by atoms with Crippen LogP contribution in [0.2, 0.25) is 0 Å². The molecule has 0 bridgehead atoms. The Morgan fingerprint density at radius 2 is 2.08 bits per heavy atom. The van der Waals surface area contributed by atoms with Crippen molar-refractivity contribution in [2.45, 2.75) is 38.4 Å². The number of aromatic nitrogens is 3. The summed E-state index contributed by atoms with van der Waals surface area (Å²) >= 11 is 1.25. The van der Waals surface area contributed by atoms with E-state index in [0.29, 0.717) is 35.4 Å². The molecule has 0 saturated heterocycles. The van der Waals surface area contributed by atoms with Crippen LogP contribution in [0.3, 0.4) is 0 Å². The number of nitrogens with two attached hydrogens (primary N) is 1. The Hall–Kier alpha value is -2.22. The van der Waals surface area contributed by atoms with Gasteiger partial charge in [0.2, 0.25) is 5.91 Å². The molecule has 0 aliphatic rings. The first kappa shape index (κ1) is 19.1. The number of nitrogens with zero attached hydrogens (tertiary/aromatic N) is 3. The molecule has 0 atom stereocenters. The van der Waals surface area contributed by atoms with Crippen LogP contribution in [-0.4, -0.2) is 32.2 Å². The number of primary amides is 1. The molecule has 1 aromatic heterocycles. The van der Waals surface area contributed by atoms with Gasteiger partial charge in [0.1, 0.15) is 11.6 Å². The smallest absolute Gasteiger partial charge is 0.217 e. The number of carbonyl (C=O) groups is 2. The maximum absolute atomic E-state index is 13.2. The van der Waals surface area contributed by atoms with E-state index in [1.807, 2.05) is 4.57 Å². The van der Waals surface area contributed by atoms with Gasteiger partial charge in [-0.2, -0.15) is 0 Å². The van der Waals surface area contributed by atoms with Crippen LogP contribution in [-0.2, 0) is 17.8 Å². The SMILES string of the molecule is CC(C)Cn1c(CCC(N)=O)nnc1SCC(=O)c1cccc(F)c1. The third kappa shape index (κ3) is 5.67. The van der Waals surface area contributed by atoms with Gasteiger partial charge in [-0.1, -0.05) is 37.7 Å². The Morgan fingerprint density at radius 3 is 2.72 bits per heavy atom. The Morgan fingerprint density at radius 1 is 1.32 bits per heavy atom. The van der Waals surface area contributed by atoms with Gasteiger partial charge in [-0.15, -0.1) is 10.2 Å². The van der Waals surface area contributed by atoms with Crippen molar-refractivity contribution in [3.63, 3.8) is 0 Å². The van der Waals surface area contributed by atoms with E-state index in [0.717, 1.165) is 0 Å². The molecule has 2 rings (SSSR count). The topological polar surface area (TPSA) is 90.9 Å². The lowest BCUT2D eigenvalue weighted by atomic mass is 10.1. The van der Waals surface area contributed by atoms with Crippen LogP contribution in [0.15, 0.2) is 29.4 Å². The third-order valence-electron chi connectivity index (χ3n) is 3.42. The zero-order valence-corrected chi connectivity index (χ0v) is 15.1. The number of rotatable bonds is 9. The molecule has 0 saturated carbocycles. The minimum Gasteiger partial charge on any atom is -0.370 e. The van der Waals surface area contributed by atoms with Gasteiger partial charge in [-0.25, -0.2) is 4.39 Å². The fourth-order valence-electron chi connectivity index (χ4n) is 2.27. The lowest BCUT2D eigenvalue weighted by Crippen LogP contribution is -2.15. The van der Waals surface area contributed by atoms with Crippen molar-refractivity contribution >= 4 is 23.5 Å². The highest BCUT2D eigenvalue weighted by molar-refractivity contribution is 7.99. The summed E-state index contributed by atoms with van der Waals surface area (Å²) in [7, 11) is 0. The highest BCUT2D eigenvalue weighted by atomic mass is 32.2. The van der Waals surface area contributed by atoms with E-state index in [1.165, 1.54) is 30.0 Å². The number of ketones is 1. The molecule has 0 fully saturated rings. The van der Waals surface area contributed by atoms with Crippen molar-refractivity contribution in [2.24, 2.45) is 11.7 Å². The highest BCUT2D eigenvalue weighted by Gasteiger charge is 2.16. The Balaban J connectivity index is 2.09. The number of amides is 1. The molecule has 2 N–H and O–H groups in total. The second kappa shape index (κ2) is 8.75. The van der Waals surface area contributed by atoms with Crippen molar-refractivity contribution in [1.82, 2.24) is 14.8 Å². The molecule has 0 spiro atoms. The second-order valence-corrected chi connectivity index (χ2v) is 7.03. The minimum absolute atomic E-state index is 0.134. The van der Waals surface area contributed by atoms with Crippen molar-refractivity contribution < 1.29 is 14.0 Å². The quantitative estimate of drug-likeness (QED) is 0.545. The number of carbonyl (C=O) groups excluding carboxylic acids is 2. The van der Waals surface area contributed by atoms with Gasteiger partial charge in [0.05, 0.1) is 5.75 Å². The van der Waals surface area contributed by atoms with E-state index in [-0.39, 0.29) is 18.0 Å². The first-order chi connectivity index (χ1) is 11.9. The number of Topliss-reactive ketones (excluding diaryl/α,β-unsaturated/α-hetero) is 1. The van der Waals surface area contributed by atoms with Gasteiger partial charge in [-0.3, -0.25) is 9.59 Å². The number of aryl methyl sites for hydroxylation is 1. The summed E-state index contributed by atoms with van der Waals surface area (Å²) in [5.41, 5.74) is 5.53.